The lowest BCUT2D eigenvalue weighted by molar-refractivity contribution is 1.30. The highest BCUT2D eigenvalue weighted by atomic mass is 32.1. The van der Waals surface area contributed by atoms with Crippen molar-refractivity contribution >= 4 is 75.0 Å². The topological polar surface area (TPSA) is 12.9 Å². The minimum absolute atomic E-state index is 1.02. The van der Waals surface area contributed by atoms with Gasteiger partial charge in [-0.15, -0.1) is 11.3 Å². The molecule has 0 saturated carbocycles. The first kappa shape index (κ1) is 22.0. The Bertz CT molecular complexity index is 2020. The first-order valence-electron chi connectivity index (χ1n) is 12.7. The van der Waals surface area contributed by atoms with Crippen LogP contribution >= 0.6 is 11.3 Å². The molecule has 0 aliphatic heterocycles. The second-order valence-corrected chi connectivity index (χ2v) is 10.7. The smallest absolute Gasteiger partial charge is 0.0666 e. The highest BCUT2D eigenvalue weighted by molar-refractivity contribution is 7.25. The van der Waals surface area contributed by atoms with E-state index in [9.17, 15) is 0 Å². The number of allylic oxidation sites excluding steroid dienone is 4. The van der Waals surface area contributed by atoms with Crippen molar-refractivity contribution in [3.05, 3.63) is 127 Å². The monoisotopic (exact) mass is 491 g/mol. The number of nitrogens with zero attached hydrogens (tertiary/aromatic N) is 1. The van der Waals surface area contributed by atoms with Gasteiger partial charge >= 0.3 is 0 Å². The van der Waals surface area contributed by atoms with Crippen molar-refractivity contribution in [3.8, 4) is 0 Å². The molecule has 37 heavy (non-hydrogen) atoms. The molecule has 0 amide bonds. The maximum atomic E-state index is 4.82. The van der Waals surface area contributed by atoms with Crippen LogP contribution in [0.2, 0.25) is 0 Å². The second-order valence-electron chi connectivity index (χ2n) is 9.59. The molecule has 0 fully saturated rings. The fraction of sp³-hybridized carbons (Fsp3) is 0.0571. The van der Waals surface area contributed by atoms with Crippen molar-refractivity contribution in [2.24, 2.45) is 0 Å². The van der Waals surface area contributed by atoms with Gasteiger partial charge in [0, 0.05) is 21.7 Å². The summed E-state index contributed by atoms with van der Waals surface area (Å²) >= 11 is 1.81. The van der Waals surface area contributed by atoms with Gasteiger partial charge in [-0.25, -0.2) is 0 Å². The van der Waals surface area contributed by atoms with Gasteiger partial charge in [-0.2, -0.15) is 0 Å². The Morgan fingerprint density at radius 2 is 1.22 bits per heavy atom. The number of benzene rings is 5. The minimum Gasteiger partial charge on any atom is -0.255 e. The number of hydrogen-bond donors (Lipinski definition) is 0. The van der Waals surface area contributed by atoms with E-state index >= 15 is 0 Å². The number of thiophene rings is 1. The lowest BCUT2D eigenvalue weighted by Gasteiger charge is -2.12. The van der Waals surface area contributed by atoms with Gasteiger partial charge in [0.25, 0.3) is 0 Å². The Morgan fingerprint density at radius 1 is 0.622 bits per heavy atom. The van der Waals surface area contributed by atoms with Crippen LogP contribution in [0, 0.1) is 0 Å². The van der Waals surface area contributed by atoms with Gasteiger partial charge in [0.05, 0.1) is 10.4 Å². The molecular formula is C35H25NS. The van der Waals surface area contributed by atoms with Crippen LogP contribution in [-0.4, -0.2) is 4.98 Å². The Morgan fingerprint density at radius 3 is 1.89 bits per heavy atom. The molecule has 0 bridgehead atoms. The molecule has 0 radical (unpaired) electrons. The highest BCUT2D eigenvalue weighted by Crippen LogP contribution is 2.37. The largest absolute Gasteiger partial charge is 0.255 e. The third-order valence-electron chi connectivity index (χ3n) is 7.43. The van der Waals surface area contributed by atoms with E-state index in [2.05, 4.69) is 123 Å². The number of pyridine rings is 1. The summed E-state index contributed by atoms with van der Waals surface area (Å²) in [5.74, 6) is 0. The molecule has 1 nitrogen and oxygen atoms in total. The van der Waals surface area contributed by atoms with Crippen LogP contribution < -0.4 is 0 Å². The molecule has 0 aliphatic carbocycles. The molecule has 0 unspecified atom stereocenters. The molecule has 0 aliphatic rings. The zero-order chi connectivity index (χ0) is 24.9. The van der Waals surface area contributed by atoms with Crippen molar-refractivity contribution < 1.29 is 0 Å². The molecule has 5 aromatic carbocycles. The summed E-state index contributed by atoms with van der Waals surface area (Å²) in [6.45, 7) is 4.28. The zero-order valence-corrected chi connectivity index (χ0v) is 21.6. The third-order valence-corrected chi connectivity index (χ3v) is 8.55. The average molecular weight is 492 g/mol. The molecule has 0 spiro atoms. The summed E-state index contributed by atoms with van der Waals surface area (Å²) in [4.78, 5) is 4.82. The van der Waals surface area contributed by atoms with E-state index in [0.29, 0.717) is 0 Å². The molecule has 2 heterocycles. The van der Waals surface area contributed by atoms with Crippen LogP contribution in [0.4, 0.5) is 0 Å². The molecule has 7 rings (SSSR count). The van der Waals surface area contributed by atoms with E-state index in [1.54, 1.807) is 11.3 Å². The summed E-state index contributed by atoms with van der Waals surface area (Å²) < 4.78 is 2.54. The van der Waals surface area contributed by atoms with E-state index < -0.39 is 0 Å². The van der Waals surface area contributed by atoms with E-state index in [-0.39, 0.29) is 0 Å². The van der Waals surface area contributed by atoms with Gasteiger partial charge in [0.2, 0.25) is 0 Å². The fourth-order valence-electron chi connectivity index (χ4n) is 5.57. The number of hydrogen-bond acceptors (Lipinski definition) is 2. The van der Waals surface area contributed by atoms with Crippen molar-refractivity contribution in [1.29, 1.82) is 0 Å². The van der Waals surface area contributed by atoms with Gasteiger partial charge in [-0.3, -0.25) is 4.98 Å². The van der Waals surface area contributed by atoms with Gasteiger partial charge in [-0.05, 0) is 87.1 Å². The van der Waals surface area contributed by atoms with Crippen LogP contribution in [-0.2, 0) is 0 Å². The SMILES string of the molecule is C/C=C(\C=C(/C)c1cc2c(cn1)sc1ccccc12)c1ccc2c3ccccc3c3ccccc3c2c1. The van der Waals surface area contributed by atoms with Crippen LogP contribution in [0.5, 0.6) is 0 Å². The second kappa shape index (κ2) is 8.69. The normalized spacial score (nSPS) is 12.9. The number of aromatic nitrogens is 1. The molecule has 176 valence electrons. The standard InChI is InChI=1S/C35H25NS/c1-3-23(18-22(2)33-20-32-30-14-8-9-15-34(30)37-35(32)21-36-33)24-16-17-29-27-12-5-4-10-25(27)26-11-6-7-13-28(26)31(29)19-24/h3-21H,1-2H3/b22-18+,23-3+. The van der Waals surface area contributed by atoms with Crippen molar-refractivity contribution in [1.82, 2.24) is 4.98 Å². The molecule has 0 saturated heterocycles. The molecular weight excluding hydrogens is 466 g/mol. The van der Waals surface area contributed by atoms with Gasteiger partial charge in [-0.1, -0.05) is 84.9 Å². The molecule has 0 N–H and O–H groups in total. The fourth-order valence-corrected chi connectivity index (χ4v) is 6.63. The summed E-state index contributed by atoms with van der Waals surface area (Å²) in [5, 5.41) is 10.4. The Balaban J connectivity index is 1.37. The average Bonchev–Trinajstić information content (AvgIpc) is 3.33. The minimum atomic E-state index is 1.02. The molecule has 2 aromatic heterocycles. The summed E-state index contributed by atoms with van der Waals surface area (Å²) in [6, 6.07) is 35.2. The number of rotatable bonds is 3. The summed E-state index contributed by atoms with van der Waals surface area (Å²) in [7, 11) is 0. The van der Waals surface area contributed by atoms with Gasteiger partial charge in [0.15, 0.2) is 0 Å². The lowest BCUT2D eigenvalue weighted by atomic mass is 9.91. The van der Waals surface area contributed by atoms with Crippen molar-refractivity contribution in [2.45, 2.75) is 13.8 Å². The van der Waals surface area contributed by atoms with Crippen LogP contribution in [0.3, 0.4) is 0 Å². The predicted molar refractivity (Wildman–Crippen MR) is 163 cm³/mol. The predicted octanol–water partition coefficient (Wildman–Crippen LogP) is 10.4. The lowest BCUT2D eigenvalue weighted by Crippen LogP contribution is -1.89. The van der Waals surface area contributed by atoms with Crippen LogP contribution in [0.25, 0.3) is 63.6 Å². The van der Waals surface area contributed by atoms with Gasteiger partial charge < -0.3 is 0 Å². The Labute approximate surface area is 220 Å². The van der Waals surface area contributed by atoms with E-state index in [4.69, 9.17) is 4.98 Å². The zero-order valence-electron chi connectivity index (χ0n) is 20.8. The summed E-state index contributed by atoms with van der Waals surface area (Å²) in [6.07, 6.45) is 6.49. The maximum Gasteiger partial charge on any atom is 0.0666 e. The Kier molecular flexibility index (Phi) is 5.16. The van der Waals surface area contributed by atoms with E-state index in [0.717, 1.165) is 11.3 Å². The van der Waals surface area contributed by atoms with Gasteiger partial charge in [0.1, 0.15) is 0 Å². The summed E-state index contributed by atoms with van der Waals surface area (Å²) in [5.41, 5.74) is 4.60. The van der Waals surface area contributed by atoms with Crippen LogP contribution in [0.1, 0.15) is 25.1 Å². The molecule has 2 heteroatoms. The molecule has 0 atom stereocenters. The van der Waals surface area contributed by atoms with E-state index in [1.807, 2.05) is 6.20 Å². The highest BCUT2D eigenvalue weighted by Gasteiger charge is 2.11. The van der Waals surface area contributed by atoms with Crippen molar-refractivity contribution in [3.63, 3.8) is 0 Å². The van der Waals surface area contributed by atoms with E-state index in [1.165, 1.54) is 63.6 Å². The Hall–Kier alpha value is -4.27. The third kappa shape index (κ3) is 3.56. The molecule has 7 aromatic rings. The quantitative estimate of drug-likeness (QED) is 0.177. The first-order chi connectivity index (χ1) is 18.2. The maximum absolute atomic E-state index is 4.82. The number of fused-ring (bicyclic) bond motifs is 9. The first-order valence-corrected chi connectivity index (χ1v) is 13.5. The van der Waals surface area contributed by atoms with Crippen LogP contribution in [0.15, 0.2) is 115 Å². The van der Waals surface area contributed by atoms with Crippen molar-refractivity contribution in [2.75, 3.05) is 0 Å².